The highest BCUT2D eigenvalue weighted by Gasteiger charge is 2.77. The Kier molecular flexibility index (Phi) is 12.9. The number of allylic oxidation sites excluding steroid dienone is 1. The van der Waals surface area contributed by atoms with Crippen molar-refractivity contribution < 1.29 is 38.5 Å². The molecule has 1 spiro atoms. The number of aliphatic hydroxyl groups excluding tert-OH is 1. The first-order chi connectivity index (χ1) is 24.1. The van der Waals surface area contributed by atoms with Gasteiger partial charge in [0.2, 0.25) is 17.7 Å². The van der Waals surface area contributed by atoms with E-state index >= 15 is 0 Å². The summed E-state index contributed by atoms with van der Waals surface area (Å²) in [6.07, 6.45) is 2.88. The number of hydrogen-bond acceptors (Lipinski definition) is 9. The Morgan fingerprint density at radius 2 is 1.90 bits per heavy atom. The number of morpholine rings is 1. The summed E-state index contributed by atoms with van der Waals surface area (Å²) >= 11 is 3.73. The average molecular weight is 760 g/mol. The smallest absolute Gasteiger partial charge is 0.313 e. The van der Waals surface area contributed by atoms with E-state index in [0.717, 1.165) is 13.1 Å². The van der Waals surface area contributed by atoms with Crippen LogP contribution < -0.4 is 5.32 Å². The van der Waals surface area contributed by atoms with Crippen LogP contribution in [0.15, 0.2) is 55.6 Å². The maximum Gasteiger partial charge on any atom is 0.313 e. The van der Waals surface area contributed by atoms with Crippen LogP contribution in [0.2, 0.25) is 0 Å². The van der Waals surface area contributed by atoms with E-state index in [4.69, 9.17) is 14.2 Å². The molecule has 4 aliphatic heterocycles. The first kappa shape index (κ1) is 38.1. The molecule has 1 unspecified atom stereocenters. The van der Waals surface area contributed by atoms with Crippen LogP contribution in [0.4, 0.5) is 0 Å². The number of rotatable bonds is 17. The summed E-state index contributed by atoms with van der Waals surface area (Å²) in [6.45, 7) is 15.1. The molecule has 5 rings (SSSR count). The standard InChI is InChI=1S/C37H51BrN4O8/c1-5-7-13-29(44)39-22-28(25-11-9-8-10-12-25)49-36(47)30-31-34(45)42(27(23-43)24(3)4)33(37(31)21-26(38)32(30)50-37)35(46)41(14-6-2)16-15-40-17-19-48-20-18-40/h5-6,8-12,24,26-28,30-33,43H,1-2,7,13-23H2,3-4H3,(H,39,44)/t26?,27-,28+,30-,31+,32-,33-,37+/m0/s1. The fourth-order valence-electron chi connectivity index (χ4n) is 7.94. The number of aliphatic hydroxyl groups is 1. The third-order valence-corrected chi connectivity index (χ3v) is 11.3. The molecule has 274 valence electrons. The van der Waals surface area contributed by atoms with Gasteiger partial charge in [0.1, 0.15) is 17.7 Å². The Labute approximate surface area is 303 Å². The molecule has 4 fully saturated rings. The van der Waals surface area contributed by atoms with Gasteiger partial charge in [0.25, 0.3) is 0 Å². The number of alkyl halides is 1. The highest BCUT2D eigenvalue weighted by molar-refractivity contribution is 9.09. The van der Waals surface area contributed by atoms with E-state index < -0.39 is 53.6 Å². The van der Waals surface area contributed by atoms with Gasteiger partial charge in [-0.1, -0.05) is 72.3 Å². The molecule has 4 aliphatic rings. The summed E-state index contributed by atoms with van der Waals surface area (Å²) in [6, 6.07) is 7.37. The second-order valence-electron chi connectivity index (χ2n) is 13.9. The minimum absolute atomic E-state index is 0.0400. The van der Waals surface area contributed by atoms with E-state index in [9.17, 15) is 24.3 Å². The van der Waals surface area contributed by atoms with Gasteiger partial charge in [-0.2, -0.15) is 0 Å². The number of amides is 3. The number of nitrogens with zero attached hydrogens (tertiary/aromatic N) is 3. The van der Waals surface area contributed by atoms with Gasteiger partial charge in [0, 0.05) is 44.0 Å². The molecule has 4 saturated heterocycles. The summed E-state index contributed by atoms with van der Waals surface area (Å²) in [5, 5.41) is 13.5. The van der Waals surface area contributed by atoms with Crippen molar-refractivity contribution in [3.05, 3.63) is 61.2 Å². The van der Waals surface area contributed by atoms with Gasteiger partial charge in [0.05, 0.1) is 50.3 Å². The van der Waals surface area contributed by atoms with Crippen LogP contribution in [0.1, 0.15) is 44.8 Å². The van der Waals surface area contributed by atoms with Gasteiger partial charge in [-0.15, -0.1) is 13.2 Å². The number of halogens is 1. The van der Waals surface area contributed by atoms with E-state index in [2.05, 4.69) is 39.3 Å². The summed E-state index contributed by atoms with van der Waals surface area (Å²) in [5.41, 5.74) is -0.634. The van der Waals surface area contributed by atoms with Crippen molar-refractivity contribution in [2.45, 2.75) is 67.8 Å². The highest BCUT2D eigenvalue weighted by Crippen LogP contribution is 2.61. The van der Waals surface area contributed by atoms with Gasteiger partial charge in [-0.3, -0.25) is 24.1 Å². The van der Waals surface area contributed by atoms with Crippen LogP contribution >= 0.6 is 15.9 Å². The Hall–Kier alpha value is -3.10. The van der Waals surface area contributed by atoms with Gasteiger partial charge in [0.15, 0.2) is 0 Å². The number of hydrogen-bond donors (Lipinski definition) is 2. The number of benzene rings is 1. The van der Waals surface area contributed by atoms with Crippen molar-refractivity contribution in [2.24, 2.45) is 17.8 Å². The number of likely N-dealkylation sites (tertiary alicyclic amines) is 1. The number of carbonyl (C=O) groups is 4. The fraction of sp³-hybridized carbons (Fsp3) is 0.622. The van der Waals surface area contributed by atoms with Gasteiger partial charge in [-0.05, 0) is 24.3 Å². The number of nitrogens with one attached hydrogen (secondary N) is 1. The first-order valence-corrected chi connectivity index (χ1v) is 18.6. The minimum Gasteiger partial charge on any atom is -0.455 e. The lowest BCUT2D eigenvalue weighted by molar-refractivity contribution is -0.161. The van der Waals surface area contributed by atoms with E-state index in [-0.39, 0.29) is 48.7 Å². The quantitative estimate of drug-likeness (QED) is 0.140. The van der Waals surface area contributed by atoms with E-state index in [1.54, 1.807) is 17.1 Å². The summed E-state index contributed by atoms with van der Waals surface area (Å²) in [7, 11) is 0. The van der Waals surface area contributed by atoms with Crippen molar-refractivity contribution in [3.8, 4) is 0 Å². The van der Waals surface area contributed by atoms with Crippen molar-refractivity contribution in [1.82, 2.24) is 20.0 Å². The zero-order valence-corrected chi connectivity index (χ0v) is 30.7. The molecule has 13 heteroatoms. The molecule has 1 aromatic carbocycles. The monoisotopic (exact) mass is 758 g/mol. The van der Waals surface area contributed by atoms with Crippen LogP contribution in [-0.2, 0) is 33.4 Å². The van der Waals surface area contributed by atoms with E-state index in [1.165, 1.54) is 4.90 Å². The molecule has 0 aromatic heterocycles. The molecule has 12 nitrogen and oxygen atoms in total. The number of carbonyl (C=O) groups excluding carboxylic acids is 4. The van der Waals surface area contributed by atoms with Crippen LogP contribution in [0.5, 0.6) is 0 Å². The molecular formula is C37H51BrN4O8. The predicted octanol–water partition coefficient (Wildman–Crippen LogP) is 2.47. The number of esters is 1. The molecule has 50 heavy (non-hydrogen) atoms. The third-order valence-electron chi connectivity index (χ3n) is 10.5. The summed E-state index contributed by atoms with van der Waals surface area (Å²) in [4.78, 5) is 61.4. The Morgan fingerprint density at radius 3 is 2.54 bits per heavy atom. The van der Waals surface area contributed by atoms with Crippen LogP contribution in [0.25, 0.3) is 0 Å². The maximum atomic E-state index is 14.8. The third kappa shape index (κ3) is 7.72. The van der Waals surface area contributed by atoms with Crippen LogP contribution in [0.3, 0.4) is 0 Å². The molecule has 4 heterocycles. The van der Waals surface area contributed by atoms with Crippen LogP contribution in [0, 0.1) is 17.8 Å². The second-order valence-corrected chi connectivity index (χ2v) is 15.1. The summed E-state index contributed by atoms with van der Waals surface area (Å²) in [5.74, 6) is -3.75. The largest absolute Gasteiger partial charge is 0.455 e. The topological polar surface area (TPSA) is 138 Å². The lowest BCUT2D eigenvalue weighted by Gasteiger charge is -2.41. The lowest BCUT2D eigenvalue weighted by Crippen LogP contribution is -2.60. The maximum absolute atomic E-state index is 14.8. The SMILES string of the molecule is C=CCCC(=O)NC[C@@H](OC(=O)[C@@H]1[C@H]2O[C@@]3(CC2Br)[C@H](C(=O)N(CC=C)CCN2CCOCC2)N([C@@H](CO)C(C)C)C(=O)[C@@H]13)c1ccccc1. The molecule has 2 bridgehead atoms. The molecule has 0 aliphatic carbocycles. The van der Waals surface area contributed by atoms with Crippen molar-refractivity contribution in [3.63, 3.8) is 0 Å². The van der Waals surface area contributed by atoms with Crippen molar-refractivity contribution in [2.75, 3.05) is 59.1 Å². The molecule has 0 saturated carbocycles. The first-order valence-electron chi connectivity index (χ1n) is 17.7. The fourth-order valence-corrected chi connectivity index (χ4v) is 8.89. The molecule has 0 radical (unpaired) electrons. The number of fused-ring (bicyclic) bond motifs is 1. The second kappa shape index (κ2) is 16.9. The molecule has 1 aromatic rings. The Bertz CT molecular complexity index is 1390. The molecule has 2 N–H and O–H groups in total. The van der Waals surface area contributed by atoms with Gasteiger partial charge >= 0.3 is 5.97 Å². The Morgan fingerprint density at radius 1 is 1.18 bits per heavy atom. The zero-order valence-electron chi connectivity index (χ0n) is 29.1. The molecular weight excluding hydrogens is 708 g/mol. The Balaban J connectivity index is 1.46. The average Bonchev–Trinajstić information content (AvgIpc) is 3.71. The molecule has 8 atom stereocenters. The van der Waals surface area contributed by atoms with Gasteiger partial charge in [-0.25, -0.2) is 0 Å². The van der Waals surface area contributed by atoms with Crippen LogP contribution in [-0.4, -0.2) is 131 Å². The van der Waals surface area contributed by atoms with Crippen molar-refractivity contribution >= 4 is 39.6 Å². The van der Waals surface area contributed by atoms with Gasteiger partial charge < -0.3 is 34.4 Å². The van der Waals surface area contributed by atoms with E-state index in [0.29, 0.717) is 44.7 Å². The normalized spacial score (nSPS) is 28.6. The minimum atomic E-state index is -1.32. The number of ether oxygens (including phenoxy) is 3. The van der Waals surface area contributed by atoms with Crippen molar-refractivity contribution in [1.29, 1.82) is 0 Å². The highest BCUT2D eigenvalue weighted by atomic mass is 79.9. The molecule has 3 amide bonds. The summed E-state index contributed by atoms with van der Waals surface area (Å²) < 4.78 is 18.4. The zero-order chi connectivity index (χ0) is 36.0. The predicted molar refractivity (Wildman–Crippen MR) is 190 cm³/mol. The van der Waals surface area contributed by atoms with E-state index in [1.807, 2.05) is 44.2 Å². The lowest BCUT2D eigenvalue weighted by atomic mass is 9.70.